The van der Waals surface area contributed by atoms with E-state index in [2.05, 4.69) is 20.8 Å². The van der Waals surface area contributed by atoms with Crippen molar-refractivity contribution in [1.29, 1.82) is 0 Å². The molecule has 0 atom stereocenters. The molecule has 0 aromatic carbocycles. The number of piperidine rings is 1. The molecule has 2 N–H and O–H groups in total. The number of halogens is 4. The van der Waals surface area contributed by atoms with E-state index in [1.165, 1.54) is 0 Å². The smallest absolute Gasteiger partial charge is 0.361 e. The van der Waals surface area contributed by atoms with Crippen LogP contribution in [0.3, 0.4) is 0 Å². The van der Waals surface area contributed by atoms with E-state index in [4.69, 9.17) is 4.52 Å². The van der Waals surface area contributed by atoms with Crippen LogP contribution in [0, 0.1) is 13.8 Å². The molecular formula is C16H27F3IN5O3S. The van der Waals surface area contributed by atoms with Gasteiger partial charge in [-0.3, -0.25) is 4.99 Å². The fraction of sp³-hybridized carbons (Fsp3) is 0.750. The molecule has 0 aliphatic carbocycles. The third-order valence-corrected chi connectivity index (χ3v) is 6.36. The predicted molar refractivity (Wildman–Crippen MR) is 114 cm³/mol. The van der Waals surface area contributed by atoms with E-state index in [9.17, 15) is 21.6 Å². The second-order valence-corrected chi connectivity index (χ2v) is 8.60. The molecule has 2 heterocycles. The number of aryl methyl sites for hydroxylation is 2. The predicted octanol–water partition coefficient (Wildman–Crippen LogP) is 2.32. The molecule has 0 amide bonds. The van der Waals surface area contributed by atoms with Crippen molar-refractivity contribution in [3.63, 3.8) is 0 Å². The van der Waals surface area contributed by atoms with Gasteiger partial charge in [0.1, 0.15) is 5.76 Å². The molecule has 1 saturated heterocycles. The number of alkyl halides is 3. The van der Waals surface area contributed by atoms with Crippen LogP contribution in [0.5, 0.6) is 0 Å². The molecule has 1 aromatic heterocycles. The second-order valence-electron chi connectivity index (χ2n) is 6.67. The molecule has 13 heteroatoms. The summed E-state index contributed by atoms with van der Waals surface area (Å²) in [6.07, 6.45) is 2.18. The summed E-state index contributed by atoms with van der Waals surface area (Å²) in [5, 5.41) is 10.2. The monoisotopic (exact) mass is 553 g/mol. The van der Waals surface area contributed by atoms with Crippen molar-refractivity contribution in [2.45, 2.75) is 51.1 Å². The minimum absolute atomic E-state index is 0. The van der Waals surface area contributed by atoms with E-state index < -0.39 is 15.5 Å². The molecule has 1 aliphatic rings. The summed E-state index contributed by atoms with van der Waals surface area (Å²) in [6.45, 7) is 4.05. The first-order chi connectivity index (χ1) is 13.1. The Morgan fingerprint density at radius 3 is 2.41 bits per heavy atom. The number of guanidine groups is 1. The number of aromatic nitrogens is 1. The standard InChI is InChI=1S/C16H26F3N5O3S.HI/c1-11-14(12(2)27-23-11)5-4-8-21-15(20-3)22-13-6-9-24(10-7-13)28(25,26)16(17,18)19;/h13H,4-10H2,1-3H3,(H2,20,21,22);1H. The Morgan fingerprint density at radius 2 is 1.93 bits per heavy atom. The summed E-state index contributed by atoms with van der Waals surface area (Å²) >= 11 is 0. The first-order valence-corrected chi connectivity index (χ1v) is 10.5. The van der Waals surface area contributed by atoms with Crippen molar-refractivity contribution in [3.05, 3.63) is 17.0 Å². The van der Waals surface area contributed by atoms with E-state index in [0.717, 1.165) is 29.9 Å². The number of sulfonamides is 1. The first-order valence-electron chi connectivity index (χ1n) is 9.01. The topological polar surface area (TPSA) is 99.8 Å². The minimum Gasteiger partial charge on any atom is -0.361 e. The van der Waals surface area contributed by atoms with Crippen LogP contribution in [-0.2, 0) is 16.4 Å². The van der Waals surface area contributed by atoms with Crippen LogP contribution >= 0.6 is 24.0 Å². The third-order valence-electron chi connectivity index (χ3n) is 4.73. The second kappa shape index (κ2) is 10.8. The van der Waals surface area contributed by atoms with Crippen molar-refractivity contribution in [1.82, 2.24) is 20.1 Å². The van der Waals surface area contributed by atoms with Gasteiger partial charge in [0.25, 0.3) is 0 Å². The molecule has 0 unspecified atom stereocenters. The Bertz CT molecular complexity index is 771. The zero-order valence-corrected chi connectivity index (χ0v) is 19.7. The average molecular weight is 553 g/mol. The zero-order valence-electron chi connectivity index (χ0n) is 16.5. The van der Waals surface area contributed by atoms with Gasteiger partial charge in [0.2, 0.25) is 0 Å². The average Bonchev–Trinajstić information content (AvgIpc) is 2.95. The SMILES string of the molecule is CN=C(NCCCc1c(C)noc1C)NC1CCN(S(=O)(=O)C(F)(F)F)CC1.I. The van der Waals surface area contributed by atoms with Crippen molar-refractivity contribution < 1.29 is 26.1 Å². The van der Waals surface area contributed by atoms with Crippen molar-refractivity contribution in [2.24, 2.45) is 4.99 Å². The number of aliphatic imine (C=N–C) groups is 1. The van der Waals surface area contributed by atoms with Crippen LogP contribution in [0.1, 0.15) is 36.3 Å². The van der Waals surface area contributed by atoms with Gasteiger partial charge in [-0.25, -0.2) is 8.42 Å². The molecule has 0 radical (unpaired) electrons. The normalized spacial score (nSPS) is 17.1. The Hall–Kier alpha value is -1.09. The van der Waals surface area contributed by atoms with Gasteiger partial charge in [-0.05, 0) is 39.5 Å². The Morgan fingerprint density at radius 1 is 1.31 bits per heavy atom. The summed E-state index contributed by atoms with van der Waals surface area (Å²) in [4.78, 5) is 4.11. The van der Waals surface area contributed by atoms with Crippen LogP contribution in [-0.4, -0.2) is 62.1 Å². The quantitative estimate of drug-likeness (QED) is 0.243. The van der Waals surface area contributed by atoms with Crippen molar-refractivity contribution in [3.8, 4) is 0 Å². The van der Waals surface area contributed by atoms with Gasteiger partial charge in [-0.1, -0.05) is 5.16 Å². The van der Waals surface area contributed by atoms with Gasteiger partial charge in [-0.2, -0.15) is 17.5 Å². The van der Waals surface area contributed by atoms with Gasteiger partial charge < -0.3 is 15.2 Å². The molecule has 0 bridgehead atoms. The lowest BCUT2D eigenvalue weighted by molar-refractivity contribution is -0.0494. The summed E-state index contributed by atoms with van der Waals surface area (Å²) in [6, 6.07) is -0.145. The van der Waals surface area contributed by atoms with Gasteiger partial charge in [0.05, 0.1) is 5.69 Å². The Labute approximate surface area is 185 Å². The molecule has 2 rings (SSSR count). The number of hydrogen-bond donors (Lipinski definition) is 2. The lowest BCUT2D eigenvalue weighted by Crippen LogP contribution is -2.51. The van der Waals surface area contributed by atoms with Crippen LogP contribution in [0.2, 0.25) is 0 Å². The van der Waals surface area contributed by atoms with Crippen LogP contribution in [0.4, 0.5) is 13.2 Å². The van der Waals surface area contributed by atoms with E-state index >= 15 is 0 Å². The van der Waals surface area contributed by atoms with Crippen molar-refractivity contribution in [2.75, 3.05) is 26.7 Å². The van der Waals surface area contributed by atoms with Gasteiger partial charge in [0.15, 0.2) is 5.96 Å². The highest BCUT2D eigenvalue weighted by molar-refractivity contribution is 14.0. The largest absolute Gasteiger partial charge is 0.511 e. The fourth-order valence-electron chi connectivity index (χ4n) is 3.11. The van der Waals surface area contributed by atoms with Crippen molar-refractivity contribution >= 4 is 40.0 Å². The van der Waals surface area contributed by atoms with E-state index in [1.54, 1.807) is 7.05 Å². The maximum Gasteiger partial charge on any atom is 0.511 e. The van der Waals surface area contributed by atoms with Crippen LogP contribution in [0.15, 0.2) is 9.52 Å². The van der Waals surface area contributed by atoms with E-state index in [1.807, 2.05) is 13.8 Å². The maximum absolute atomic E-state index is 12.6. The summed E-state index contributed by atoms with van der Waals surface area (Å²) in [7, 11) is -3.65. The molecule has 1 fully saturated rings. The number of nitrogens with zero attached hydrogens (tertiary/aromatic N) is 3. The lowest BCUT2D eigenvalue weighted by Gasteiger charge is -2.32. The summed E-state index contributed by atoms with van der Waals surface area (Å²) < 4.78 is 66.4. The Balaban J connectivity index is 0.00000420. The molecule has 8 nitrogen and oxygen atoms in total. The highest BCUT2D eigenvalue weighted by Gasteiger charge is 2.50. The molecule has 168 valence electrons. The van der Waals surface area contributed by atoms with Crippen LogP contribution in [0.25, 0.3) is 0 Å². The van der Waals surface area contributed by atoms with E-state index in [0.29, 0.717) is 16.8 Å². The van der Waals surface area contributed by atoms with E-state index in [-0.39, 0.29) is 55.9 Å². The lowest BCUT2D eigenvalue weighted by atomic mass is 10.1. The van der Waals surface area contributed by atoms with Gasteiger partial charge in [-0.15, -0.1) is 24.0 Å². The molecule has 29 heavy (non-hydrogen) atoms. The fourth-order valence-corrected chi connectivity index (χ4v) is 4.09. The minimum atomic E-state index is -5.26. The Kier molecular flexibility index (Phi) is 9.66. The van der Waals surface area contributed by atoms with Gasteiger partial charge in [0, 0.05) is 38.3 Å². The molecular weight excluding hydrogens is 526 g/mol. The van der Waals surface area contributed by atoms with Gasteiger partial charge >= 0.3 is 15.5 Å². The first kappa shape index (κ1) is 25.9. The summed E-state index contributed by atoms with van der Waals surface area (Å²) in [5.74, 6) is 1.34. The molecule has 0 spiro atoms. The maximum atomic E-state index is 12.6. The third kappa shape index (κ3) is 6.70. The number of rotatable bonds is 6. The molecule has 0 saturated carbocycles. The number of hydrogen-bond acceptors (Lipinski definition) is 5. The number of nitrogens with one attached hydrogen (secondary N) is 2. The zero-order chi connectivity index (χ0) is 20.9. The summed E-state index contributed by atoms with van der Waals surface area (Å²) in [5.41, 5.74) is -3.30. The van der Waals surface area contributed by atoms with Crippen LogP contribution < -0.4 is 10.6 Å². The molecule has 1 aromatic rings. The molecule has 1 aliphatic heterocycles. The highest BCUT2D eigenvalue weighted by atomic mass is 127. The highest BCUT2D eigenvalue weighted by Crippen LogP contribution is 2.28.